The van der Waals surface area contributed by atoms with Gasteiger partial charge >= 0.3 is 0 Å². The molecule has 0 spiro atoms. The van der Waals surface area contributed by atoms with E-state index < -0.39 is 27.4 Å². The van der Waals surface area contributed by atoms with E-state index in [-0.39, 0.29) is 6.54 Å². The number of hydrogen-bond donors (Lipinski definition) is 2. The summed E-state index contributed by atoms with van der Waals surface area (Å²) in [5, 5.41) is 13.0. The van der Waals surface area contributed by atoms with Gasteiger partial charge in [0.05, 0.1) is 16.9 Å². The monoisotopic (exact) mass is 468 g/mol. The minimum absolute atomic E-state index is 0.214. The van der Waals surface area contributed by atoms with Crippen molar-refractivity contribution in [2.75, 3.05) is 32.8 Å². The summed E-state index contributed by atoms with van der Waals surface area (Å²) in [4.78, 5) is 12.6. The number of nitrogens with zero attached hydrogens (tertiary/aromatic N) is 2. The first kappa shape index (κ1) is 23.4. The van der Waals surface area contributed by atoms with E-state index in [0.717, 1.165) is 29.5 Å². The average molecular weight is 469 g/mol. The zero-order valence-corrected chi connectivity index (χ0v) is 19.2. The molecule has 2 heterocycles. The van der Waals surface area contributed by atoms with Crippen LogP contribution in [0.15, 0.2) is 53.4 Å². The quantitative estimate of drug-likeness (QED) is 0.637. The van der Waals surface area contributed by atoms with Crippen molar-refractivity contribution in [3.8, 4) is 17.2 Å². The standard InChI is InChI=1S/C24H28N4O4S/c25-16-21(24(23(26)29)17-27-11-1-14-32-24)15-18-3-5-19(6-4-18)20-7-9-22(10-8-20)33(30,31)28-12-2-13-28/h3-10,21,27H,1-2,11-15,17H2,(H2,26,29)/t21-,24?/m0/s1. The van der Waals surface area contributed by atoms with E-state index in [1.807, 2.05) is 24.3 Å². The van der Waals surface area contributed by atoms with Gasteiger partial charge in [0.15, 0.2) is 5.60 Å². The fourth-order valence-electron chi connectivity index (χ4n) is 4.21. The Kier molecular flexibility index (Phi) is 6.81. The van der Waals surface area contributed by atoms with E-state index in [1.54, 1.807) is 24.3 Å². The Morgan fingerprint density at radius 3 is 2.30 bits per heavy atom. The molecule has 2 aromatic rings. The lowest BCUT2D eigenvalue weighted by Gasteiger charge is -2.33. The Bertz CT molecular complexity index is 1130. The van der Waals surface area contributed by atoms with Crippen molar-refractivity contribution in [3.63, 3.8) is 0 Å². The first-order valence-corrected chi connectivity index (χ1v) is 12.5. The number of ether oxygens (including phenoxy) is 1. The second kappa shape index (κ2) is 9.61. The molecule has 0 aromatic heterocycles. The van der Waals surface area contributed by atoms with Gasteiger partial charge in [0.1, 0.15) is 0 Å². The van der Waals surface area contributed by atoms with E-state index in [1.165, 1.54) is 4.31 Å². The Hall–Kier alpha value is -2.77. The van der Waals surface area contributed by atoms with Gasteiger partial charge in [0.2, 0.25) is 10.0 Å². The van der Waals surface area contributed by atoms with Crippen molar-refractivity contribution < 1.29 is 17.9 Å². The molecule has 4 rings (SSSR count). The second-order valence-corrected chi connectivity index (χ2v) is 10.4. The third kappa shape index (κ3) is 4.66. The third-order valence-corrected chi connectivity index (χ3v) is 8.33. The number of carbonyl (C=O) groups is 1. The Balaban J connectivity index is 1.50. The van der Waals surface area contributed by atoms with E-state index in [9.17, 15) is 18.5 Å². The van der Waals surface area contributed by atoms with E-state index in [4.69, 9.17) is 10.5 Å². The minimum Gasteiger partial charge on any atom is -0.367 e. The molecule has 3 N–H and O–H groups in total. The summed E-state index contributed by atoms with van der Waals surface area (Å²) in [6, 6.07) is 16.8. The van der Waals surface area contributed by atoms with Crippen molar-refractivity contribution in [2.45, 2.75) is 29.8 Å². The van der Waals surface area contributed by atoms with Gasteiger partial charge in [-0.15, -0.1) is 0 Å². The maximum atomic E-state index is 12.5. The van der Waals surface area contributed by atoms with Crippen LogP contribution >= 0.6 is 0 Å². The summed E-state index contributed by atoms with van der Waals surface area (Å²) in [6.45, 7) is 2.45. The largest absolute Gasteiger partial charge is 0.367 e. The number of hydrogen-bond acceptors (Lipinski definition) is 6. The third-order valence-electron chi connectivity index (χ3n) is 6.42. The molecule has 0 aliphatic carbocycles. The molecule has 2 saturated heterocycles. The molecule has 2 aliphatic rings. The van der Waals surface area contributed by atoms with Gasteiger partial charge in [-0.05, 0) is 54.6 Å². The van der Waals surface area contributed by atoms with Crippen LogP contribution in [0.4, 0.5) is 0 Å². The predicted octanol–water partition coefficient (Wildman–Crippen LogP) is 1.66. The Labute approximate surface area is 194 Å². The van der Waals surface area contributed by atoms with Crippen LogP contribution < -0.4 is 11.1 Å². The maximum Gasteiger partial charge on any atom is 0.252 e. The summed E-state index contributed by atoms with van der Waals surface area (Å²) in [5.41, 5.74) is 7.02. The van der Waals surface area contributed by atoms with Crippen LogP contribution in [-0.2, 0) is 26.0 Å². The molecule has 8 nitrogen and oxygen atoms in total. The number of primary amides is 1. The number of carbonyl (C=O) groups excluding carboxylic acids is 1. The highest BCUT2D eigenvalue weighted by Crippen LogP contribution is 2.29. The van der Waals surface area contributed by atoms with Crippen LogP contribution in [0.2, 0.25) is 0 Å². The SMILES string of the molecule is N#C[C@H](Cc1ccc(-c2ccc(S(=O)(=O)N3CCC3)cc2)cc1)C1(C(N)=O)CNCCCO1. The molecule has 0 radical (unpaired) electrons. The second-order valence-electron chi connectivity index (χ2n) is 8.50. The molecule has 1 unspecified atom stereocenters. The number of amides is 1. The molecule has 174 valence electrons. The van der Waals surface area contributed by atoms with E-state index in [0.29, 0.717) is 37.6 Å². The van der Waals surface area contributed by atoms with Crippen LogP contribution in [-0.4, -0.2) is 57.0 Å². The van der Waals surface area contributed by atoms with Crippen LogP contribution in [0, 0.1) is 17.2 Å². The summed E-state index contributed by atoms with van der Waals surface area (Å²) >= 11 is 0. The normalized spacial score (nSPS) is 22.5. The van der Waals surface area contributed by atoms with E-state index in [2.05, 4.69) is 11.4 Å². The fourth-order valence-corrected chi connectivity index (χ4v) is 5.73. The highest BCUT2D eigenvalue weighted by Gasteiger charge is 2.46. The molecule has 2 aliphatic heterocycles. The molecular formula is C24H28N4O4S. The van der Waals surface area contributed by atoms with Crippen LogP contribution in [0.5, 0.6) is 0 Å². The number of nitrogens with two attached hydrogens (primary N) is 1. The summed E-state index contributed by atoms with van der Waals surface area (Å²) < 4.78 is 32.3. The van der Waals surface area contributed by atoms with Crippen LogP contribution in [0.3, 0.4) is 0 Å². The number of sulfonamides is 1. The lowest BCUT2D eigenvalue weighted by molar-refractivity contribution is -0.147. The van der Waals surface area contributed by atoms with Crippen molar-refractivity contribution >= 4 is 15.9 Å². The van der Waals surface area contributed by atoms with Crippen molar-refractivity contribution in [3.05, 3.63) is 54.1 Å². The van der Waals surface area contributed by atoms with Gasteiger partial charge < -0.3 is 15.8 Å². The topological polar surface area (TPSA) is 126 Å². The van der Waals surface area contributed by atoms with Gasteiger partial charge in [-0.2, -0.15) is 9.57 Å². The molecular weight excluding hydrogens is 440 g/mol. The predicted molar refractivity (Wildman–Crippen MR) is 123 cm³/mol. The molecule has 1 amide bonds. The fraction of sp³-hybridized carbons (Fsp3) is 0.417. The van der Waals surface area contributed by atoms with Crippen LogP contribution in [0.25, 0.3) is 11.1 Å². The summed E-state index contributed by atoms with van der Waals surface area (Å²) in [6.07, 6.45) is 1.98. The minimum atomic E-state index is -3.40. The smallest absolute Gasteiger partial charge is 0.252 e. The van der Waals surface area contributed by atoms with Crippen LogP contribution in [0.1, 0.15) is 18.4 Å². The zero-order chi connectivity index (χ0) is 23.5. The van der Waals surface area contributed by atoms with Gasteiger partial charge in [-0.1, -0.05) is 36.4 Å². The van der Waals surface area contributed by atoms with Crippen molar-refractivity contribution in [1.29, 1.82) is 5.26 Å². The lowest BCUT2D eigenvalue weighted by Crippen LogP contribution is -2.57. The van der Waals surface area contributed by atoms with Crippen molar-refractivity contribution in [1.82, 2.24) is 9.62 Å². The molecule has 2 aromatic carbocycles. The van der Waals surface area contributed by atoms with Gasteiger partial charge in [-0.25, -0.2) is 8.42 Å². The van der Waals surface area contributed by atoms with Crippen molar-refractivity contribution in [2.24, 2.45) is 11.7 Å². The number of nitrogens with one attached hydrogen (secondary N) is 1. The number of benzene rings is 2. The first-order chi connectivity index (χ1) is 15.9. The van der Waals surface area contributed by atoms with Gasteiger partial charge in [0, 0.05) is 26.2 Å². The highest BCUT2D eigenvalue weighted by atomic mass is 32.2. The van der Waals surface area contributed by atoms with Gasteiger partial charge in [-0.3, -0.25) is 4.79 Å². The first-order valence-electron chi connectivity index (χ1n) is 11.1. The number of rotatable bonds is 7. The molecule has 0 bridgehead atoms. The molecule has 33 heavy (non-hydrogen) atoms. The Morgan fingerprint density at radius 2 is 1.76 bits per heavy atom. The highest BCUT2D eigenvalue weighted by molar-refractivity contribution is 7.89. The molecule has 2 atom stereocenters. The summed E-state index contributed by atoms with van der Waals surface area (Å²) in [5.74, 6) is -1.36. The zero-order valence-electron chi connectivity index (χ0n) is 18.4. The lowest BCUT2D eigenvalue weighted by atomic mass is 9.82. The number of nitriles is 1. The maximum absolute atomic E-state index is 12.5. The molecule has 9 heteroatoms. The molecule has 0 saturated carbocycles. The Morgan fingerprint density at radius 1 is 1.12 bits per heavy atom. The molecule has 2 fully saturated rings. The average Bonchev–Trinajstić information content (AvgIpc) is 3.04. The van der Waals surface area contributed by atoms with Gasteiger partial charge in [0.25, 0.3) is 5.91 Å². The summed E-state index contributed by atoms with van der Waals surface area (Å²) in [7, 11) is -3.40. The van der Waals surface area contributed by atoms with E-state index >= 15 is 0 Å².